The van der Waals surface area contributed by atoms with Crippen LogP contribution in [-0.2, 0) is 0 Å². The first-order valence-electron chi connectivity index (χ1n) is 12.7. The normalized spacial score (nSPS) is 18.1. The maximum absolute atomic E-state index is 13.6. The van der Waals surface area contributed by atoms with Gasteiger partial charge < -0.3 is 40.1 Å². The number of benzene rings is 1. The number of aryl methyl sites for hydroxylation is 2. The van der Waals surface area contributed by atoms with E-state index < -0.39 is 18.2 Å². The first-order chi connectivity index (χ1) is 17.9. The van der Waals surface area contributed by atoms with Crippen molar-refractivity contribution in [1.82, 2.24) is 20.3 Å². The molecule has 5 amide bonds. The van der Waals surface area contributed by atoms with Crippen LogP contribution < -0.4 is 20.7 Å². The number of carbonyl (C=O) groups excluding carboxylic acids is 3. The standard InChI is InChI=1S/C26H38N6O6/c1-14(2)27-26(36)31(7)12-21-15(3)11-32(16(4)13-33)24(34)19-9-8-10-20(23(19)37-21)28-25(35)29-22-17(5)30-38-18(22)6/h8-10,14-16,21,33H,11-13H2,1-7H3,(H,27,36)(H2,28,29,35)/t15-,16+,21+/m0/s1. The Labute approximate surface area is 222 Å². The highest BCUT2D eigenvalue weighted by atomic mass is 16.5. The highest BCUT2D eigenvalue weighted by Gasteiger charge is 2.35. The van der Waals surface area contributed by atoms with Crippen LogP contribution in [-0.4, -0.2) is 83.0 Å². The summed E-state index contributed by atoms with van der Waals surface area (Å²) in [5, 5.41) is 22.0. The van der Waals surface area contributed by atoms with E-state index in [1.165, 1.54) is 4.90 Å². The molecule has 4 N–H and O–H groups in total. The number of aliphatic hydroxyl groups excluding tert-OH is 1. The van der Waals surface area contributed by atoms with Crippen LogP contribution in [0.1, 0.15) is 49.5 Å². The van der Waals surface area contributed by atoms with Gasteiger partial charge in [-0.2, -0.15) is 0 Å². The van der Waals surface area contributed by atoms with Gasteiger partial charge in [0.15, 0.2) is 11.5 Å². The second kappa shape index (κ2) is 12.2. The van der Waals surface area contributed by atoms with Gasteiger partial charge >= 0.3 is 12.1 Å². The number of nitrogens with one attached hydrogen (secondary N) is 3. The van der Waals surface area contributed by atoms with Crippen LogP contribution in [0.5, 0.6) is 5.75 Å². The molecule has 12 heteroatoms. The summed E-state index contributed by atoms with van der Waals surface area (Å²) in [7, 11) is 1.67. The summed E-state index contributed by atoms with van der Waals surface area (Å²) in [4.78, 5) is 42.2. The zero-order valence-electron chi connectivity index (χ0n) is 23.0. The molecular formula is C26H38N6O6. The molecule has 1 aromatic carbocycles. The van der Waals surface area contributed by atoms with Crippen LogP contribution in [0.25, 0.3) is 0 Å². The number of nitrogens with zero attached hydrogens (tertiary/aromatic N) is 3. The number of ether oxygens (including phenoxy) is 1. The van der Waals surface area contributed by atoms with Crippen LogP contribution in [0.15, 0.2) is 22.7 Å². The number of aliphatic hydroxyl groups is 1. The molecule has 0 aliphatic carbocycles. The third-order valence-electron chi connectivity index (χ3n) is 6.42. The summed E-state index contributed by atoms with van der Waals surface area (Å²) in [6.07, 6.45) is -0.522. The molecule has 1 aliphatic heterocycles. The van der Waals surface area contributed by atoms with E-state index in [0.29, 0.717) is 23.7 Å². The topological polar surface area (TPSA) is 149 Å². The monoisotopic (exact) mass is 530 g/mol. The highest BCUT2D eigenvalue weighted by Crippen LogP contribution is 2.35. The van der Waals surface area contributed by atoms with Crippen molar-refractivity contribution >= 4 is 29.3 Å². The number of amides is 5. The van der Waals surface area contributed by atoms with Crippen molar-refractivity contribution in [3.05, 3.63) is 35.2 Å². The van der Waals surface area contributed by atoms with Gasteiger partial charge in [0.05, 0.1) is 30.4 Å². The second-order valence-electron chi connectivity index (χ2n) is 10.1. The van der Waals surface area contributed by atoms with Crippen LogP contribution in [0.4, 0.5) is 21.0 Å². The molecule has 38 heavy (non-hydrogen) atoms. The van der Waals surface area contributed by atoms with Crippen molar-refractivity contribution in [2.75, 3.05) is 37.4 Å². The van der Waals surface area contributed by atoms with Gasteiger partial charge in [-0.3, -0.25) is 4.79 Å². The van der Waals surface area contributed by atoms with Crippen LogP contribution >= 0.6 is 0 Å². The van der Waals surface area contributed by atoms with Crippen molar-refractivity contribution in [3.63, 3.8) is 0 Å². The fraction of sp³-hybridized carbons (Fsp3) is 0.538. The molecule has 0 bridgehead atoms. The minimum absolute atomic E-state index is 0.0353. The lowest BCUT2D eigenvalue weighted by molar-refractivity contribution is 0.0368. The number of para-hydroxylation sites is 1. The molecule has 3 rings (SSSR count). The Morgan fingerprint density at radius 3 is 2.55 bits per heavy atom. The molecule has 2 aromatic rings. The van der Waals surface area contributed by atoms with Crippen molar-refractivity contribution < 1.29 is 28.8 Å². The van der Waals surface area contributed by atoms with E-state index in [0.717, 1.165) is 0 Å². The third-order valence-corrected chi connectivity index (χ3v) is 6.42. The number of anilines is 2. The summed E-state index contributed by atoms with van der Waals surface area (Å²) in [5.41, 5.74) is 1.50. The molecular weight excluding hydrogens is 492 g/mol. The molecule has 12 nitrogen and oxygen atoms in total. The number of urea groups is 2. The van der Waals surface area contributed by atoms with E-state index in [1.54, 1.807) is 50.9 Å². The Kier molecular flexibility index (Phi) is 9.21. The lowest BCUT2D eigenvalue weighted by atomic mass is 9.99. The molecule has 0 spiro atoms. The van der Waals surface area contributed by atoms with Crippen molar-refractivity contribution in [2.45, 2.75) is 59.7 Å². The maximum atomic E-state index is 13.6. The number of fused-ring (bicyclic) bond motifs is 1. The summed E-state index contributed by atoms with van der Waals surface area (Å²) in [6, 6.07) is 3.61. The molecule has 0 radical (unpaired) electrons. The lowest BCUT2D eigenvalue weighted by Gasteiger charge is -2.38. The van der Waals surface area contributed by atoms with Crippen LogP contribution in [0.3, 0.4) is 0 Å². The number of hydrogen-bond donors (Lipinski definition) is 4. The fourth-order valence-corrected chi connectivity index (χ4v) is 4.20. The minimum Gasteiger partial charge on any atom is -0.485 e. The van der Waals surface area contributed by atoms with Gasteiger partial charge in [0.2, 0.25) is 0 Å². The van der Waals surface area contributed by atoms with Gasteiger partial charge in [0.25, 0.3) is 5.91 Å². The molecule has 0 fully saturated rings. The van der Waals surface area contributed by atoms with Gasteiger partial charge in [-0.1, -0.05) is 18.1 Å². The minimum atomic E-state index is -0.565. The summed E-state index contributed by atoms with van der Waals surface area (Å²) >= 11 is 0. The Morgan fingerprint density at radius 1 is 1.24 bits per heavy atom. The van der Waals surface area contributed by atoms with Gasteiger partial charge in [0, 0.05) is 25.6 Å². The molecule has 3 atom stereocenters. The number of hydrogen-bond acceptors (Lipinski definition) is 7. The summed E-state index contributed by atoms with van der Waals surface area (Å²) in [6.45, 7) is 11.2. The highest BCUT2D eigenvalue weighted by molar-refractivity contribution is 6.04. The predicted molar refractivity (Wildman–Crippen MR) is 143 cm³/mol. The summed E-state index contributed by atoms with van der Waals surface area (Å²) < 4.78 is 11.5. The number of likely N-dealkylation sites (N-methyl/N-ethyl adjacent to an activating group) is 1. The largest absolute Gasteiger partial charge is 0.485 e. The molecule has 1 aliphatic rings. The van der Waals surface area contributed by atoms with Crippen LogP contribution in [0.2, 0.25) is 0 Å². The van der Waals surface area contributed by atoms with E-state index in [2.05, 4.69) is 21.1 Å². The van der Waals surface area contributed by atoms with Gasteiger partial charge in [-0.05, 0) is 46.8 Å². The lowest BCUT2D eigenvalue weighted by Crippen LogP contribution is -2.51. The Hall–Kier alpha value is -3.80. The zero-order chi connectivity index (χ0) is 28.1. The Balaban J connectivity index is 1.97. The predicted octanol–water partition coefficient (Wildman–Crippen LogP) is 3.21. The quantitative estimate of drug-likeness (QED) is 0.429. The van der Waals surface area contributed by atoms with E-state index >= 15 is 0 Å². The summed E-state index contributed by atoms with van der Waals surface area (Å²) in [5.74, 6) is 0.112. The van der Waals surface area contributed by atoms with Gasteiger partial charge in [-0.15, -0.1) is 0 Å². The second-order valence-corrected chi connectivity index (χ2v) is 10.1. The molecule has 2 heterocycles. The van der Waals surface area contributed by atoms with Crippen LogP contribution in [0, 0.1) is 19.8 Å². The van der Waals surface area contributed by atoms with Gasteiger partial charge in [-0.25, -0.2) is 9.59 Å². The molecule has 0 unspecified atom stereocenters. The van der Waals surface area contributed by atoms with E-state index in [4.69, 9.17) is 9.26 Å². The molecule has 1 aromatic heterocycles. The Bertz CT molecular complexity index is 1150. The number of carbonyl (C=O) groups is 3. The maximum Gasteiger partial charge on any atom is 0.323 e. The zero-order valence-corrected chi connectivity index (χ0v) is 23.0. The van der Waals surface area contributed by atoms with Crippen molar-refractivity contribution in [1.29, 1.82) is 0 Å². The van der Waals surface area contributed by atoms with Gasteiger partial charge in [0.1, 0.15) is 17.5 Å². The molecule has 208 valence electrons. The SMILES string of the molecule is Cc1noc(C)c1NC(=O)Nc1cccc2c1O[C@H](CN(C)C(=O)NC(C)C)[C@@H](C)CN([C@H](C)CO)C2=O. The van der Waals surface area contributed by atoms with E-state index in [9.17, 15) is 19.5 Å². The van der Waals surface area contributed by atoms with E-state index in [1.807, 2.05) is 20.8 Å². The molecule has 0 saturated heterocycles. The Morgan fingerprint density at radius 2 is 1.95 bits per heavy atom. The third kappa shape index (κ3) is 6.55. The average Bonchev–Trinajstić information content (AvgIpc) is 3.17. The smallest absolute Gasteiger partial charge is 0.323 e. The first-order valence-corrected chi connectivity index (χ1v) is 12.7. The molecule has 0 saturated carbocycles. The average molecular weight is 531 g/mol. The van der Waals surface area contributed by atoms with Crippen molar-refractivity contribution in [3.8, 4) is 5.75 Å². The first kappa shape index (κ1) is 28.8. The fourth-order valence-electron chi connectivity index (χ4n) is 4.20. The van der Waals surface area contributed by atoms with E-state index in [-0.39, 0.29) is 54.1 Å². The number of rotatable bonds is 7. The van der Waals surface area contributed by atoms with Crippen molar-refractivity contribution in [2.24, 2.45) is 5.92 Å². The number of aromatic nitrogens is 1.